The van der Waals surface area contributed by atoms with Crippen LogP contribution < -0.4 is 0 Å². The third-order valence-corrected chi connectivity index (χ3v) is 5.62. The second-order valence-electron chi connectivity index (χ2n) is 4.93. The van der Waals surface area contributed by atoms with Gasteiger partial charge in [0, 0.05) is 10.7 Å². The Labute approximate surface area is 137 Å². The Kier molecular flexibility index (Phi) is 5.41. The van der Waals surface area contributed by atoms with Crippen LogP contribution >= 0.6 is 33.9 Å². The molecule has 1 aliphatic rings. The van der Waals surface area contributed by atoms with Crippen molar-refractivity contribution in [2.24, 2.45) is 5.92 Å². The van der Waals surface area contributed by atoms with Crippen LogP contribution in [0.25, 0.3) is 0 Å². The fourth-order valence-corrected chi connectivity index (χ4v) is 3.29. The molecule has 0 N–H and O–H groups in total. The van der Waals surface area contributed by atoms with E-state index in [1.165, 1.54) is 6.42 Å². The van der Waals surface area contributed by atoms with Crippen molar-refractivity contribution >= 4 is 48.9 Å². The van der Waals surface area contributed by atoms with Crippen LogP contribution in [0.4, 0.5) is 0 Å². The first-order valence-corrected chi connectivity index (χ1v) is 9.46. The zero-order chi connectivity index (χ0) is 15.6. The zero-order valence-electron chi connectivity index (χ0n) is 10.9. The van der Waals surface area contributed by atoms with Gasteiger partial charge in [-0.05, 0) is 24.5 Å². The van der Waals surface area contributed by atoms with Crippen LogP contribution in [0, 0.1) is 5.92 Å². The SMILES string of the molecule is O=C(OCCC1CCC1)c1cc(S(=O)(=O)Cl)cc(Cl)c1Cl. The van der Waals surface area contributed by atoms with Gasteiger partial charge in [0.05, 0.1) is 27.1 Å². The highest BCUT2D eigenvalue weighted by Crippen LogP contribution is 2.32. The molecular formula is C13H13Cl3O4S. The Morgan fingerprint density at radius 2 is 1.95 bits per heavy atom. The van der Waals surface area contributed by atoms with Crippen molar-refractivity contribution < 1.29 is 17.9 Å². The maximum atomic E-state index is 12.0. The van der Waals surface area contributed by atoms with Gasteiger partial charge >= 0.3 is 5.97 Å². The van der Waals surface area contributed by atoms with Crippen molar-refractivity contribution in [1.82, 2.24) is 0 Å². The highest BCUT2D eigenvalue weighted by atomic mass is 35.7. The van der Waals surface area contributed by atoms with Crippen molar-refractivity contribution in [3.05, 3.63) is 27.7 Å². The standard InChI is InChI=1S/C13H13Cl3O4S/c14-11-7-9(21(16,18)19)6-10(12(11)15)13(17)20-5-4-8-2-1-3-8/h6-8H,1-5H2. The van der Waals surface area contributed by atoms with Gasteiger partial charge in [-0.15, -0.1) is 0 Å². The lowest BCUT2D eigenvalue weighted by molar-refractivity contribution is 0.0464. The largest absolute Gasteiger partial charge is 0.462 e. The van der Waals surface area contributed by atoms with E-state index < -0.39 is 15.0 Å². The predicted molar refractivity (Wildman–Crippen MR) is 81.7 cm³/mol. The molecule has 116 valence electrons. The van der Waals surface area contributed by atoms with E-state index in [0.29, 0.717) is 5.92 Å². The second kappa shape index (κ2) is 6.73. The molecule has 21 heavy (non-hydrogen) atoms. The molecule has 1 aromatic rings. The number of hydrogen-bond donors (Lipinski definition) is 0. The number of halogens is 3. The van der Waals surface area contributed by atoms with Crippen molar-refractivity contribution in [3.63, 3.8) is 0 Å². The number of carbonyl (C=O) groups is 1. The number of carbonyl (C=O) groups excluding carboxylic acids is 1. The molecule has 0 unspecified atom stereocenters. The lowest BCUT2D eigenvalue weighted by atomic mass is 9.83. The maximum absolute atomic E-state index is 12.0. The summed E-state index contributed by atoms with van der Waals surface area (Å²) in [4.78, 5) is 11.7. The smallest absolute Gasteiger partial charge is 0.339 e. The van der Waals surface area contributed by atoms with E-state index >= 15 is 0 Å². The highest BCUT2D eigenvalue weighted by Gasteiger charge is 2.22. The quantitative estimate of drug-likeness (QED) is 0.573. The third kappa shape index (κ3) is 4.25. The fraction of sp³-hybridized carbons (Fsp3) is 0.462. The fourth-order valence-electron chi connectivity index (χ4n) is 2.03. The Hall–Kier alpha value is -0.490. The van der Waals surface area contributed by atoms with Crippen LogP contribution in [0.2, 0.25) is 10.0 Å². The normalized spacial score (nSPS) is 15.6. The van der Waals surface area contributed by atoms with E-state index in [4.69, 9.17) is 38.6 Å². The number of hydrogen-bond acceptors (Lipinski definition) is 4. The predicted octanol–water partition coefficient (Wildman–Crippen LogP) is 4.27. The van der Waals surface area contributed by atoms with Gasteiger partial charge in [0.25, 0.3) is 9.05 Å². The van der Waals surface area contributed by atoms with Crippen LogP contribution in [0.3, 0.4) is 0 Å². The Morgan fingerprint density at radius 1 is 1.29 bits per heavy atom. The van der Waals surface area contributed by atoms with E-state index in [-0.39, 0.29) is 27.1 Å². The highest BCUT2D eigenvalue weighted by molar-refractivity contribution is 8.13. The molecule has 1 aromatic carbocycles. The minimum Gasteiger partial charge on any atom is -0.462 e. The molecule has 1 aliphatic carbocycles. The number of ether oxygens (including phenoxy) is 1. The summed E-state index contributed by atoms with van der Waals surface area (Å²) in [6.45, 7) is 0.273. The summed E-state index contributed by atoms with van der Waals surface area (Å²) in [6.07, 6.45) is 4.33. The Morgan fingerprint density at radius 3 is 2.48 bits per heavy atom. The van der Waals surface area contributed by atoms with E-state index in [1.54, 1.807) is 0 Å². The van der Waals surface area contributed by atoms with Crippen molar-refractivity contribution in [2.45, 2.75) is 30.6 Å². The molecule has 0 aromatic heterocycles. The Balaban J connectivity index is 2.13. The maximum Gasteiger partial charge on any atom is 0.339 e. The Bertz CT molecular complexity index is 654. The average Bonchev–Trinajstić information content (AvgIpc) is 2.33. The summed E-state index contributed by atoms with van der Waals surface area (Å²) >= 11 is 11.7. The lowest BCUT2D eigenvalue weighted by Crippen LogP contribution is -2.16. The van der Waals surface area contributed by atoms with Crippen LogP contribution in [-0.4, -0.2) is 21.0 Å². The summed E-state index contributed by atoms with van der Waals surface area (Å²) in [5, 5.41) is -0.112. The molecule has 1 fully saturated rings. The molecule has 0 amide bonds. The summed E-state index contributed by atoms with van der Waals surface area (Å²) < 4.78 is 27.8. The van der Waals surface area contributed by atoms with Crippen LogP contribution in [-0.2, 0) is 13.8 Å². The molecule has 0 atom stereocenters. The van der Waals surface area contributed by atoms with Crippen molar-refractivity contribution in [1.29, 1.82) is 0 Å². The zero-order valence-corrected chi connectivity index (χ0v) is 14.0. The van der Waals surface area contributed by atoms with Gasteiger partial charge < -0.3 is 4.74 Å². The van der Waals surface area contributed by atoms with Gasteiger partial charge in [0.2, 0.25) is 0 Å². The summed E-state index contributed by atoms with van der Waals surface area (Å²) in [5.74, 6) is -0.102. The topological polar surface area (TPSA) is 60.4 Å². The molecule has 0 radical (unpaired) electrons. The van der Waals surface area contributed by atoms with Crippen LogP contribution in [0.15, 0.2) is 17.0 Å². The molecule has 1 saturated carbocycles. The molecule has 8 heteroatoms. The van der Waals surface area contributed by atoms with Gasteiger partial charge in [-0.3, -0.25) is 0 Å². The van der Waals surface area contributed by atoms with Crippen LogP contribution in [0.5, 0.6) is 0 Å². The number of esters is 1. The van der Waals surface area contributed by atoms with E-state index in [0.717, 1.165) is 31.4 Å². The first kappa shape index (κ1) is 16.9. The average molecular weight is 372 g/mol. The summed E-state index contributed by atoms with van der Waals surface area (Å²) in [5.41, 5.74) is -0.1000. The van der Waals surface area contributed by atoms with Crippen molar-refractivity contribution in [2.75, 3.05) is 6.61 Å². The minimum absolute atomic E-state index is 0.0469. The van der Waals surface area contributed by atoms with Gasteiger partial charge in [-0.2, -0.15) is 0 Å². The number of benzene rings is 1. The van der Waals surface area contributed by atoms with Gasteiger partial charge in [-0.1, -0.05) is 42.5 Å². The molecule has 0 heterocycles. The van der Waals surface area contributed by atoms with E-state index in [1.807, 2.05) is 0 Å². The third-order valence-electron chi connectivity index (χ3n) is 3.49. The molecule has 2 rings (SSSR count). The van der Waals surface area contributed by atoms with Crippen LogP contribution in [0.1, 0.15) is 36.0 Å². The molecule has 0 spiro atoms. The van der Waals surface area contributed by atoms with Crippen molar-refractivity contribution in [3.8, 4) is 0 Å². The van der Waals surface area contributed by atoms with E-state index in [9.17, 15) is 13.2 Å². The second-order valence-corrected chi connectivity index (χ2v) is 8.28. The lowest BCUT2D eigenvalue weighted by Gasteiger charge is -2.24. The molecule has 0 saturated heterocycles. The van der Waals surface area contributed by atoms with Gasteiger partial charge in [0.15, 0.2) is 0 Å². The summed E-state index contributed by atoms with van der Waals surface area (Å²) in [7, 11) is 1.24. The number of rotatable bonds is 5. The molecular weight excluding hydrogens is 359 g/mol. The van der Waals surface area contributed by atoms with Gasteiger partial charge in [-0.25, -0.2) is 13.2 Å². The van der Waals surface area contributed by atoms with Gasteiger partial charge in [0.1, 0.15) is 0 Å². The first-order valence-electron chi connectivity index (χ1n) is 6.40. The van der Waals surface area contributed by atoms with E-state index in [2.05, 4.69) is 0 Å². The minimum atomic E-state index is -4.01. The first-order chi connectivity index (χ1) is 9.79. The molecule has 0 bridgehead atoms. The summed E-state index contributed by atoms with van der Waals surface area (Å²) in [6, 6.07) is 2.17. The molecule has 4 nitrogen and oxygen atoms in total. The monoisotopic (exact) mass is 370 g/mol. The molecule has 0 aliphatic heterocycles.